The Morgan fingerprint density at radius 1 is 1.14 bits per heavy atom. The summed E-state index contributed by atoms with van der Waals surface area (Å²) in [6, 6.07) is 8.36. The van der Waals surface area contributed by atoms with Crippen LogP contribution in [0, 0.1) is 6.92 Å². The van der Waals surface area contributed by atoms with Crippen molar-refractivity contribution >= 4 is 11.9 Å². The lowest BCUT2D eigenvalue weighted by molar-refractivity contribution is 0.0210. The lowest BCUT2D eigenvalue weighted by atomic mass is 10.0. The first-order valence-electron chi connectivity index (χ1n) is 9.97. The van der Waals surface area contributed by atoms with Gasteiger partial charge in [0.25, 0.3) is 0 Å². The molecule has 1 amide bonds. The highest BCUT2D eigenvalue weighted by Gasteiger charge is 2.27. The summed E-state index contributed by atoms with van der Waals surface area (Å²) in [7, 11) is 1.63. The number of hydrogen-bond acceptors (Lipinski definition) is 6. The van der Waals surface area contributed by atoms with Crippen LogP contribution in [0.25, 0.3) is 11.3 Å². The molecule has 1 aliphatic rings. The second-order valence-electron chi connectivity index (χ2n) is 8.36. The quantitative estimate of drug-likeness (QED) is 0.829. The van der Waals surface area contributed by atoms with Crippen LogP contribution < -0.4 is 10.1 Å². The minimum absolute atomic E-state index is 0.198. The van der Waals surface area contributed by atoms with Crippen molar-refractivity contribution in [1.82, 2.24) is 14.9 Å². The fraction of sp³-hybridized carbons (Fsp3) is 0.500. The van der Waals surface area contributed by atoms with Crippen molar-refractivity contribution in [3.63, 3.8) is 0 Å². The maximum Gasteiger partial charge on any atom is 0.410 e. The smallest absolute Gasteiger partial charge is 0.410 e. The molecule has 1 N–H and O–H groups in total. The summed E-state index contributed by atoms with van der Waals surface area (Å²) >= 11 is 0. The van der Waals surface area contributed by atoms with Crippen molar-refractivity contribution in [3.8, 4) is 17.0 Å². The van der Waals surface area contributed by atoms with E-state index in [1.165, 1.54) is 5.56 Å². The predicted molar refractivity (Wildman–Crippen MR) is 113 cm³/mol. The Kier molecular flexibility index (Phi) is 6.25. The molecule has 1 aromatic carbocycles. The van der Waals surface area contributed by atoms with Crippen molar-refractivity contribution < 1.29 is 14.3 Å². The molecule has 2 aromatic rings. The number of methoxy groups -OCH3 is 1. The topological polar surface area (TPSA) is 76.6 Å². The second-order valence-corrected chi connectivity index (χ2v) is 8.36. The molecular formula is C22H30N4O3. The maximum absolute atomic E-state index is 12.2. The molecule has 0 bridgehead atoms. The number of nitrogens with one attached hydrogen (secondary N) is 1. The molecule has 29 heavy (non-hydrogen) atoms. The Hall–Kier alpha value is -2.83. The van der Waals surface area contributed by atoms with Gasteiger partial charge in [0.05, 0.1) is 7.11 Å². The molecule has 1 fully saturated rings. The molecule has 7 heteroatoms. The SMILES string of the molecule is COc1c(NC2CCN(C(=O)OC(C)(C)C)CC2)ncnc1-c1ccc(C)cc1. The number of rotatable bonds is 4. The molecule has 3 rings (SSSR count). The predicted octanol–water partition coefficient (Wildman–Crippen LogP) is 4.27. The third-order valence-corrected chi connectivity index (χ3v) is 4.82. The van der Waals surface area contributed by atoms with Gasteiger partial charge in [-0.05, 0) is 40.5 Å². The van der Waals surface area contributed by atoms with Crippen molar-refractivity contribution in [1.29, 1.82) is 0 Å². The van der Waals surface area contributed by atoms with E-state index in [-0.39, 0.29) is 12.1 Å². The number of hydrogen-bond donors (Lipinski definition) is 1. The number of aryl methyl sites for hydroxylation is 1. The van der Waals surface area contributed by atoms with E-state index in [9.17, 15) is 4.79 Å². The van der Waals surface area contributed by atoms with Crippen LogP contribution in [0.5, 0.6) is 5.75 Å². The van der Waals surface area contributed by atoms with Gasteiger partial charge >= 0.3 is 6.09 Å². The van der Waals surface area contributed by atoms with Crippen molar-refractivity contribution in [2.24, 2.45) is 0 Å². The summed E-state index contributed by atoms with van der Waals surface area (Å²) in [6.07, 6.45) is 2.92. The van der Waals surface area contributed by atoms with Crippen LogP contribution in [-0.4, -0.2) is 52.8 Å². The third kappa shape index (κ3) is 5.37. The van der Waals surface area contributed by atoms with Gasteiger partial charge in [-0.1, -0.05) is 29.8 Å². The third-order valence-electron chi connectivity index (χ3n) is 4.82. The van der Waals surface area contributed by atoms with E-state index in [0.29, 0.717) is 24.7 Å². The van der Waals surface area contributed by atoms with Crippen LogP contribution in [0.4, 0.5) is 10.6 Å². The molecule has 0 unspecified atom stereocenters. The summed E-state index contributed by atoms with van der Waals surface area (Å²) in [4.78, 5) is 22.8. The van der Waals surface area contributed by atoms with Crippen molar-refractivity contribution in [2.75, 3.05) is 25.5 Å². The average Bonchev–Trinajstić information content (AvgIpc) is 2.67. The van der Waals surface area contributed by atoms with Gasteiger partial charge in [0.1, 0.15) is 17.6 Å². The van der Waals surface area contributed by atoms with E-state index in [4.69, 9.17) is 9.47 Å². The number of benzene rings is 1. The normalized spacial score (nSPS) is 15.1. The molecular weight excluding hydrogens is 368 g/mol. The summed E-state index contributed by atoms with van der Waals surface area (Å²) in [5.74, 6) is 1.31. The minimum atomic E-state index is -0.479. The van der Waals surface area contributed by atoms with Crippen LogP contribution in [0.15, 0.2) is 30.6 Å². The largest absolute Gasteiger partial charge is 0.491 e. The van der Waals surface area contributed by atoms with Gasteiger partial charge in [0, 0.05) is 24.7 Å². The molecule has 0 saturated carbocycles. The van der Waals surface area contributed by atoms with E-state index >= 15 is 0 Å². The van der Waals surface area contributed by atoms with Crippen LogP contribution >= 0.6 is 0 Å². The summed E-state index contributed by atoms with van der Waals surface area (Å²) in [5, 5.41) is 3.47. The van der Waals surface area contributed by atoms with Crippen molar-refractivity contribution in [2.45, 2.75) is 52.2 Å². The Morgan fingerprint density at radius 2 is 1.79 bits per heavy atom. The Balaban J connectivity index is 1.68. The van der Waals surface area contributed by atoms with Crippen LogP contribution in [0.2, 0.25) is 0 Å². The monoisotopic (exact) mass is 398 g/mol. The van der Waals surface area contributed by atoms with Crippen LogP contribution in [-0.2, 0) is 4.74 Å². The zero-order chi connectivity index (χ0) is 21.0. The molecule has 7 nitrogen and oxygen atoms in total. The van der Waals surface area contributed by atoms with Crippen LogP contribution in [0.1, 0.15) is 39.2 Å². The van der Waals surface area contributed by atoms with E-state index in [2.05, 4.69) is 34.3 Å². The van der Waals surface area contributed by atoms with Crippen molar-refractivity contribution in [3.05, 3.63) is 36.2 Å². The zero-order valence-electron chi connectivity index (χ0n) is 17.9. The number of piperidine rings is 1. The van der Waals surface area contributed by atoms with Gasteiger partial charge in [-0.2, -0.15) is 0 Å². The van der Waals surface area contributed by atoms with E-state index in [0.717, 1.165) is 24.1 Å². The lowest BCUT2D eigenvalue weighted by Crippen LogP contribution is -2.44. The second kappa shape index (κ2) is 8.68. The summed E-state index contributed by atoms with van der Waals surface area (Å²) in [5.41, 5.74) is 2.46. The fourth-order valence-electron chi connectivity index (χ4n) is 3.31. The first-order valence-corrected chi connectivity index (χ1v) is 9.97. The molecule has 1 saturated heterocycles. The molecule has 0 aliphatic carbocycles. The van der Waals surface area contributed by atoms with Gasteiger partial charge in [-0.25, -0.2) is 14.8 Å². The number of anilines is 1. The van der Waals surface area contributed by atoms with Gasteiger partial charge in [0.15, 0.2) is 11.6 Å². The molecule has 156 valence electrons. The van der Waals surface area contributed by atoms with Crippen LogP contribution in [0.3, 0.4) is 0 Å². The first kappa shape index (κ1) is 20.9. The number of nitrogens with zero attached hydrogens (tertiary/aromatic N) is 3. The standard InChI is InChI=1S/C22H30N4O3/c1-15-6-8-16(9-7-15)18-19(28-5)20(24-14-23-18)25-17-10-12-26(13-11-17)21(27)29-22(2,3)4/h6-9,14,17H,10-13H2,1-5H3,(H,23,24,25). The molecule has 0 spiro atoms. The Labute approximate surface area is 172 Å². The number of aromatic nitrogens is 2. The molecule has 1 aliphatic heterocycles. The summed E-state index contributed by atoms with van der Waals surface area (Å²) in [6.45, 7) is 8.98. The number of amides is 1. The highest BCUT2D eigenvalue weighted by atomic mass is 16.6. The highest BCUT2D eigenvalue weighted by molar-refractivity contribution is 5.73. The van der Waals surface area contributed by atoms with Gasteiger partial charge < -0.3 is 19.7 Å². The lowest BCUT2D eigenvalue weighted by Gasteiger charge is -2.34. The highest BCUT2D eigenvalue weighted by Crippen LogP contribution is 2.34. The Morgan fingerprint density at radius 3 is 2.38 bits per heavy atom. The Bertz CT molecular complexity index is 838. The van der Waals surface area contributed by atoms with E-state index in [1.807, 2.05) is 32.9 Å². The summed E-state index contributed by atoms with van der Waals surface area (Å²) < 4.78 is 11.1. The molecule has 0 atom stereocenters. The molecule has 2 heterocycles. The number of carbonyl (C=O) groups is 1. The van der Waals surface area contributed by atoms with E-state index < -0.39 is 5.60 Å². The minimum Gasteiger partial charge on any atom is -0.491 e. The average molecular weight is 399 g/mol. The fourth-order valence-corrected chi connectivity index (χ4v) is 3.31. The number of likely N-dealkylation sites (tertiary alicyclic amines) is 1. The number of ether oxygens (including phenoxy) is 2. The van der Waals surface area contributed by atoms with Gasteiger partial charge in [-0.15, -0.1) is 0 Å². The van der Waals surface area contributed by atoms with Gasteiger partial charge in [0.2, 0.25) is 0 Å². The molecule has 1 aromatic heterocycles. The van der Waals surface area contributed by atoms with Gasteiger partial charge in [-0.3, -0.25) is 0 Å². The number of carbonyl (C=O) groups excluding carboxylic acids is 1. The maximum atomic E-state index is 12.2. The first-order chi connectivity index (χ1) is 13.8. The van der Waals surface area contributed by atoms with E-state index in [1.54, 1.807) is 18.3 Å². The zero-order valence-corrected chi connectivity index (χ0v) is 17.9. The molecule has 0 radical (unpaired) electrons.